The first-order valence-corrected chi connectivity index (χ1v) is 5.11. The third kappa shape index (κ3) is 3.71. The van der Waals surface area contributed by atoms with E-state index >= 15 is 0 Å². The molecule has 0 aliphatic rings. The Hall–Kier alpha value is -0.760. The monoisotopic (exact) mass is 241 g/mol. The molecule has 0 aliphatic heterocycles. The van der Waals surface area contributed by atoms with Gasteiger partial charge in [0.1, 0.15) is 0 Å². The fourth-order valence-corrected chi connectivity index (χ4v) is 1.75. The van der Waals surface area contributed by atoms with E-state index in [1.807, 2.05) is 0 Å². The highest BCUT2D eigenvalue weighted by atomic mass is 32.2. The highest BCUT2D eigenvalue weighted by molar-refractivity contribution is 7.99. The molecule has 15 heavy (non-hydrogen) atoms. The fourth-order valence-electron chi connectivity index (χ4n) is 0.805. The van der Waals surface area contributed by atoms with Gasteiger partial charge in [-0.1, -0.05) is 11.8 Å². The van der Waals surface area contributed by atoms with E-state index in [2.05, 4.69) is 10.2 Å². The maximum absolute atomic E-state index is 12.3. The number of aryl methyl sites for hydroxylation is 1. The Kier molecular flexibility index (Phi) is 3.97. The Labute approximate surface area is 88.4 Å². The molecule has 2 N–H and O–H groups in total. The summed E-state index contributed by atoms with van der Waals surface area (Å²) in [6.07, 6.45) is -4.28. The molecule has 4 nitrogen and oxygen atoms in total. The van der Waals surface area contributed by atoms with Gasteiger partial charge in [-0.3, -0.25) is 0 Å². The van der Waals surface area contributed by atoms with Crippen molar-refractivity contribution < 1.29 is 17.6 Å². The van der Waals surface area contributed by atoms with Crippen LogP contribution in [0.1, 0.15) is 5.89 Å². The van der Waals surface area contributed by atoms with Crippen molar-refractivity contribution in [1.29, 1.82) is 0 Å². The van der Waals surface area contributed by atoms with Crippen molar-refractivity contribution in [3.8, 4) is 0 Å². The van der Waals surface area contributed by atoms with Crippen molar-refractivity contribution in [2.75, 3.05) is 12.3 Å². The zero-order chi connectivity index (χ0) is 11.5. The predicted octanol–water partition coefficient (Wildman–Crippen LogP) is 1.61. The minimum atomic E-state index is -4.28. The summed E-state index contributed by atoms with van der Waals surface area (Å²) in [7, 11) is 0. The third-order valence-corrected chi connectivity index (χ3v) is 2.64. The second-order valence-electron chi connectivity index (χ2n) is 2.87. The van der Waals surface area contributed by atoms with Crippen molar-refractivity contribution in [1.82, 2.24) is 10.2 Å². The Morgan fingerprint density at radius 2 is 2.13 bits per heavy atom. The number of hydrogen-bond acceptors (Lipinski definition) is 5. The van der Waals surface area contributed by atoms with E-state index in [-0.39, 0.29) is 11.0 Å². The SMILES string of the molecule is Cc1nnc(SCC(CN)C(F)(F)F)o1. The lowest BCUT2D eigenvalue weighted by Crippen LogP contribution is -2.32. The average molecular weight is 241 g/mol. The lowest BCUT2D eigenvalue weighted by atomic mass is 10.2. The van der Waals surface area contributed by atoms with Gasteiger partial charge >= 0.3 is 6.18 Å². The molecule has 0 bridgehead atoms. The van der Waals surface area contributed by atoms with Crippen LogP contribution >= 0.6 is 11.8 Å². The molecule has 8 heteroatoms. The average Bonchev–Trinajstić information content (AvgIpc) is 2.50. The van der Waals surface area contributed by atoms with Crippen molar-refractivity contribution >= 4 is 11.8 Å². The summed E-state index contributed by atoms with van der Waals surface area (Å²) in [5, 5.41) is 7.21. The van der Waals surface area contributed by atoms with Gasteiger partial charge in [0.2, 0.25) is 5.89 Å². The lowest BCUT2D eigenvalue weighted by Gasteiger charge is -2.16. The summed E-state index contributed by atoms with van der Waals surface area (Å²) in [5.74, 6) is -1.43. The van der Waals surface area contributed by atoms with Crippen molar-refractivity contribution in [3.05, 3.63) is 5.89 Å². The minimum absolute atomic E-state index is 0.134. The minimum Gasteiger partial charge on any atom is -0.416 e. The molecular weight excluding hydrogens is 231 g/mol. The van der Waals surface area contributed by atoms with Gasteiger partial charge in [-0.05, 0) is 0 Å². The van der Waals surface area contributed by atoms with E-state index in [0.717, 1.165) is 11.8 Å². The maximum Gasteiger partial charge on any atom is 0.393 e. The number of nitrogens with zero attached hydrogens (tertiary/aromatic N) is 2. The van der Waals surface area contributed by atoms with Gasteiger partial charge in [-0.25, -0.2) is 0 Å². The zero-order valence-electron chi connectivity index (χ0n) is 7.91. The number of rotatable bonds is 4. The van der Waals surface area contributed by atoms with Crippen LogP contribution in [0.5, 0.6) is 0 Å². The summed E-state index contributed by atoms with van der Waals surface area (Å²) in [5.41, 5.74) is 5.03. The molecule has 1 rings (SSSR count). The molecule has 1 atom stereocenters. The first kappa shape index (κ1) is 12.3. The summed E-state index contributed by atoms with van der Waals surface area (Å²) < 4.78 is 41.7. The Morgan fingerprint density at radius 3 is 2.53 bits per heavy atom. The second-order valence-corrected chi connectivity index (χ2v) is 3.84. The first-order valence-electron chi connectivity index (χ1n) is 4.13. The van der Waals surface area contributed by atoms with Gasteiger partial charge in [0.15, 0.2) is 0 Å². The van der Waals surface area contributed by atoms with Crippen molar-refractivity contribution in [3.63, 3.8) is 0 Å². The van der Waals surface area contributed by atoms with Crippen LogP contribution in [0.15, 0.2) is 9.64 Å². The molecule has 0 amide bonds. The number of hydrogen-bond donors (Lipinski definition) is 1. The Morgan fingerprint density at radius 1 is 1.47 bits per heavy atom. The number of thioether (sulfide) groups is 1. The van der Waals surface area contributed by atoms with Crippen LogP contribution in [-0.4, -0.2) is 28.7 Å². The molecule has 0 spiro atoms. The van der Waals surface area contributed by atoms with Crippen LogP contribution in [0.25, 0.3) is 0 Å². The molecule has 1 aromatic heterocycles. The normalized spacial score (nSPS) is 14.2. The van der Waals surface area contributed by atoms with Gasteiger partial charge in [-0.15, -0.1) is 10.2 Å². The molecule has 0 saturated carbocycles. The molecule has 0 saturated heterocycles. The van der Waals surface area contributed by atoms with Gasteiger partial charge in [0.25, 0.3) is 5.22 Å². The van der Waals surface area contributed by atoms with Crippen LogP contribution in [0.4, 0.5) is 13.2 Å². The van der Waals surface area contributed by atoms with E-state index in [4.69, 9.17) is 10.2 Å². The van der Waals surface area contributed by atoms with Crippen molar-refractivity contribution in [2.24, 2.45) is 11.7 Å². The quantitative estimate of drug-likeness (QED) is 0.811. The fraction of sp³-hybridized carbons (Fsp3) is 0.714. The molecule has 0 radical (unpaired) electrons. The van der Waals surface area contributed by atoms with E-state index in [9.17, 15) is 13.2 Å². The Bertz CT molecular complexity index is 315. The topological polar surface area (TPSA) is 64.9 Å². The van der Waals surface area contributed by atoms with Crippen LogP contribution in [-0.2, 0) is 0 Å². The van der Waals surface area contributed by atoms with Crippen LogP contribution in [0, 0.1) is 12.8 Å². The highest BCUT2D eigenvalue weighted by Gasteiger charge is 2.38. The standard InChI is InChI=1S/C7H10F3N3OS/c1-4-12-13-6(14-4)15-3-5(2-11)7(8,9)10/h5H,2-3,11H2,1H3. The summed E-state index contributed by atoms with van der Waals surface area (Å²) in [6.45, 7) is 1.13. The number of aromatic nitrogens is 2. The molecule has 1 unspecified atom stereocenters. The summed E-state index contributed by atoms with van der Waals surface area (Å²) >= 11 is 0.861. The zero-order valence-corrected chi connectivity index (χ0v) is 8.73. The smallest absolute Gasteiger partial charge is 0.393 e. The van der Waals surface area contributed by atoms with E-state index in [0.29, 0.717) is 5.89 Å². The second kappa shape index (κ2) is 4.84. The highest BCUT2D eigenvalue weighted by Crippen LogP contribution is 2.30. The summed E-state index contributed by atoms with van der Waals surface area (Å²) in [6, 6.07) is 0. The van der Waals surface area contributed by atoms with Gasteiger partial charge in [0.05, 0.1) is 5.92 Å². The third-order valence-electron chi connectivity index (χ3n) is 1.66. The molecular formula is C7H10F3N3OS. The Balaban J connectivity index is 2.48. The molecule has 0 aliphatic carbocycles. The van der Waals surface area contributed by atoms with E-state index < -0.39 is 18.6 Å². The molecule has 0 aromatic carbocycles. The van der Waals surface area contributed by atoms with Crippen LogP contribution in [0.2, 0.25) is 0 Å². The predicted molar refractivity (Wildman–Crippen MR) is 48.4 cm³/mol. The van der Waals surface area contributed by atoms with Crippen LogP contribution in [0.3, 0.4) is 0 Å². The maximum atomic E-state index is 12.3. The summed E-state index contributed by atoms with van der Waals surface area (Å²) in [4.78, 5) is 0. The largest absolute Gasteiger partial charge is 0.416 e. The van der Waals surface area contributed by atoms with Gasteiger partial charge in [0, 0.05) is 19.2 Å². The number of nitrogens with two attached hydrogens (primary N) is 1. The van der Waals surface area contributed by atoms with E-state index in [1.54, 1.807) is 6.92 Å². The number of halogens is 3. The van der Waals surface area contributed by atoms with E-state index in [1.165, 1.54) is 0 Å². The lowest BCUT2D eigenvalue weighted by molar-refractivity contribution is -0.165. The van der Waals surface area contributed by atoms with Gasteiger partial charge in [-0.2, -0.15) is 13.2 Å². The van der Waals surface area contributed by atoms with Gasteiger partial charge < -0.3 is 10.2 Å². The first-order chi connectivity index (χ1) is 6.93. The van der Waals surface area contributed by atoms with Crippen molar-refractivity contribution in [2.45, 2.75) is 18.3 Å². The molecule has 1 aromatic rings. The molecule has 86 valence electrons. The molecule has 0 fully saturated rings. The molecule has 1 heterocycles. The van der Waals surface area contributed by atoms with Crippen LogP contribution < -0.4 is 5.73 Å². The number of alkyl halides is 3.